The summed E-state index contributed by atoms with van der Waals surface area (Å²) in [7, 11) is 1.82. The Morgan fingerprint density at radius 3 is 2.58 bits per heavy atom. The number of carbonyl (C=O) groups is 1. The van der Waals surface area contributed by atoms with E-state index >= 15 is 0 Å². The van der Waals surface area contributed by atoms with Gasteiger partial charge in [-0.1, -0.05) is 12.1 Å². The Balaban J connectivity index is 1.75. The van der Waals surface area contributed by atoms with Gasteiger partial charge in [0.25, 0.3) is 0 Å². The molecule has 5 nitrogen and oxygen atoms in total. The Hall–Kier alpha value is -1.75. The van der Waals surface area contributed by atoms with Crippen molar-refractivity contribution in [3.05, 3.63) is 29.8 Å². The second-order valence-corrected chi connectivity index (χ2v) is 4.72. The number of hydrogen-bond donors (Lipinski definition) is 1. The highest BCUT2D eigenvalue weighted by Crippen LogP contribution is 2.13. The van der Waals surface area contributed by atoms with Gasteiger partial charge in [-0.15, -0.1) is 0 Å². The van der Waals surface area contributed by atoms with Crippen molar-refractivity contribution in [3.63, 3.8) is 0 Å². The van der Waals surface area contributed by atoms with Crippen LogP contribution in [0.1, 0.15) is 5.56 Å². The SMILES string of the molecule is CN1CCN(CCOc2ccc(CCN)cc2)C1=O. The van der Waals surface area contributed by atoms with E-state index in [0.717, 1.165) is 25.3 Å². The van der Waals surface area contributed by atoms with Gasteiger partial charge in [0.2, 0.25) is 0 Å². The lowest BCUT2D eigenvalue weighted by atomic mass is 10.1. The molecule has 0 radical (unpaired) electrons. The lowest BCUT2D eigenvalue weighted by Crippen LogP contribution is -2.32. The van der Waals surface area contributed by atoms with Gasteiger partial charge in [0.15, 0.2) is 0 Å². The van der Waals surface area contributed by atoms with E-state index in [2.05, 4.69) is 0 Å². The van der Waals surface area contributed by atoms with E-state index in [0.29, 0.717) is 19.7 Å². The van der Waals surface area contributed by atoms with Crippen LogP contribution in [0.5, 0.6) is 5.75 Å². The van der Waals surface area contributed by atoms with Gasteiger partial charge < -0.3 is 20.3 Å². The molecule has 0 bridgehead atoms. The van der Waals surface area contributed by atoms with Gasteiger partial charge in [-0.3, -0.25) is 0 Å². The van der Waals surface area contributed by atoms with E-state index in [9.17, 15) is 4.79 Å². The van der Waals surface area contributed by atoms with Crippen LogP contribution in [-0.2, 0) is 6.42 Å². The molecule has 0 atom stereocenters. The number of amides is 2. The minimum Gasteiger partial charge on any atom is -0.492 e. The summed E-state index contributed by atoms with van der Waals surface area (Å²) in [5.74, 6) is 0.834. The standard InChI is InChI=1S/C14H21N3O2/c1-16-8-9-17(14(16)18)10-11-19-13-4-2-12(3-5-13)6-7-15/h2-5H,6-11,15H2,1H3. The fourth-order valence-electron chi connectivity index (χ4n) is 2.10. The third kappa shape index (κ3) is 3.61. The summed E-state index contributed by atoms with van der Waals surface area (Å²) >= 11 is 0. The molecule has 19 heavy (non-hydrogen) atoms. The zero-order chi connectivity index (χ0) is 13.7. The van der Waals surface area contributed by atoms with Crippen LogP contribution >= 0.6 is 0 Å². The molecule has 2 amide bonds. The molecule has 0 spiro atoms. The topological polar surface area (TPSA) is 58.8 Å². The minimum atomic E-state index is 0.0851. The summed E-state index contributed by atoms with van der Waals surface area (Å²) in [5, 5.41) is 0. The maximum atomic E-state index is 11.6. The van der Waals surface area contributed by atoms with Gasteiger partial charge in [0, 0.05) is 20.1 Å². The fourth-order valence-corrected chi connectivity index (χ4v) is 2.10. The number of rotatable bonds is 6. The molecule has 2 N–H and O–H groups in total. The number of urea groups is 1. The first-order valence-electron chi connectivity index (χ1n) is 6.62. The molecule has 1 saturated heterocycles. The Kier molecular flexibility index (Phi) is 4.63. The van der Waals surface area contributed by atoms with Crippen LogP contribution in [0.4, 0.5) is 4.79 Å². The maximum Gasteiger partial charge on any atom is 0.319 e. The molecule has 2 rings (SSSR count). The highest BCUT2D eigenvalue weighted by atomic mass is 16.5. The van der Waals surface area contributed by atoms with Crippen LogP contribution in [0.2, 0.25) is 0 Å². The van der Waals surface area contributed by atoms with E-state index in [1.54, 1.807) is 4.90 Å². The molecule has 1 aliphatic rings. The van der Waals surface area contributed by atoms with Gasteiger partial charge in [-0.05, 0) is 30.7 Å². The third-order valence-corrected chi connectivity index (χ3v) is 3.29. The highest BCUT2D eigenvalue weighted by molar-refractivity contribution is 5.76. The molecular weight excluding hydrogens is 242 g/mol. The van der Waals surface area contributed by atoms with Crippen molar-refractivity contribution in [2.45, 2.75) is 6.42 Å². The molecule has 0 aliphatic carbocycles. The number of benzene rings is 1. The summed E-state index contributed by atoms with van der Waals surface area (Å²) in [6.07, 6.45) is 0.884. The smallest absolute Gasteiger partial charge is 0.319 e. The summed E-state index contributed by atoms with van der Waals surface area (Å²) in [6, 6.07) is 8.03. The molecule has 1 aromatic rings. The molecular formula is C14H21N3O2. The van der Waals surface area contributed by atoms with Crippen molar-refractivity contribution in [1.29, 1.82) is 0 Å². The lowest BCUT2D eigenvalue weighted by Gasteiger charge is -2.16. The van der Waals surface area contributed by atoms with Crippen molar-refractivity contribution < 1.29 is 9.53 Å². The zero-order valence-corrected chi connectivity index (χ0v) is 11.3. The number of hydrogen-bond acceptors (Lipinski definition) is 3. The monoisotopic (exact) mass is 263 g/mol. The predicted octanol–water partition coefficient (Wildman–Crippen LogP) is 0.934. The molecule has 0 aromatic heterocycles. The lowest BCUT2D eigenvalue weighted by molar-refractivity contribution is 0.188. The van der Waals surface area contributed by atoms with Gasteiger partial charge in [0.1, 0.15) is 12.4 Å². The van der Waals surface area contributed by atoms with Crippen molar-refractivity contribution >= 4 is 6.03 Å². The van der Waals surface area contributed by atoms with Gasteiger partial charge in [-0.25, -0.2) is 4.79 Å². The summed E-state index contributed by atoms with van der Waals surface area (Å²) in [5.41, 5.74) is 6.71. The maximum absolute atomic E-state index is 11.6. The van der Waals surface area contributed by atoms with E-state index in [1.807, 2.05) is 36.2 Å². The van der Waals surface area contributed by atoms with E-state index in [4.69, 9.17) is 10.5 Å². The summed E-state index contributed by atoms with van der Waals surface area (Å²) in [4.78, 5) is 15.2. The Morgan fingerprint density at radius 1 is 1.26 bits per heavy atom. The molecule has 0 saturated carbocycles. The predicted molar refractivity (Wildman–Crippen MR) is 74.3 cm³/mol. The van der Waals surface area contributed by atoms with Crippen molar-refractivity contribution in [2.24, 2.45) is 5.73 Å². The first kappa shape index (κ1) is 13.7. The Bertz CT molecular complexity index is 419. The van der Waals surface area contributed by atoms with Crippen molar-refractivity contribution in [1.82, 2.24) is 9.80 Å². The molecule has 104 valence electrons. The highest BCUT2D eigenvalue weighted by Gasteiger charge is 2.24. The quantitative estimate of drug-likeness (QED) is 0.830. The second kappa shape index (κ2) is 6.43. The van der Waals surface area contributed by atoms with E-state index in [-0.39, 0.29) is 6.03 Å². The van der Waals surface area contributed by atoms with E-state index in [1.165, 1.54) is 5.56 Å². The number of nitrogens with zero attached hydrogens (tertiary/aromatic N) is 2. The van der Waals surface area contributed by atoms with E-state index < -0.39 is 0 Å². The van der Waals surface area contributed by atoms with Crippen LogP contribution in [0.15, 0.2) is 24.3 Å². The summed E-state index contributed by atoms with van der Waals surface area (Å²) < 4.78 is 5.64. The van der Waals surface area contributed by atoms with Gasteiger partial charge in [-0.2, -0.15) is 0 Å². The fraction of sp³-hybridized carbons (Fsp3) is 0.500. The van der Waals surface area contributed by atoms with Gasteiger partial charge >= 0.3 is 6.03 Å². The number of ether oxygens (including phenoxy) is 1. The Morgan fingerprint density at radius 2 is 2.00 bits per heavy atom. The zero-order valence-electron chi connectivity index (χ0n) is 11.3. The normalized spacial score (nSPS) is 15.2. The number of likely N-dealkylation sites (N-methyl/N-ethyl adjacent to an activating group) is 1. The van der Waals surface area contributed by atoms with Crippen LogP contribution in [0.3, 0.4) is 0 Å². The van der Waals surface area contributed by atoms with Gasteiger partial charge in [0.05, 0.1) is 6.54 Å². The number of carbonyl (C=O) groups excluding carboxylic acids is 1. The number of nitrogens with two attached hydrogens (primary N) is 1. The minimum absolute atomic E-state index is 0.0851. The average molecular weight is 263 g/mol. The average Bonchev–Trinajstić information content (AvgIpc) is 2.73. The summed E-state index contributed by atoms with van der Waals surface area (Å²) in [6.45, 7) is 3.40. The third-order valence-electron chi connectivity index (χ3n) is 3.29. The molecule has 1 aliphatic heterocycles. The second-order valence-electron chi connectivity index (χ2n) is 4.72. The van der Waals surface area contributed by atoms with Crippen LogP contribution in [0.25, 0.3) is 0 Å². The molecule has 0 unspecified atom stereocenters. The van der Waals surface area contributed by atoms with Crippen molar-refractivity contribution in [2.75, 3.05) is 39.8 Å². The molecule has 1 heterocycles. The Labute approximate surface area is 113 Å². The molecule has 5 heteroatoms. The largest absolute Gasteiger partial charge is 0.492 e. The van der Waals surface area contributed by atoms with Crippen LogP contribution in [0, 0.1) is 0 Å². The molecule has 1 fully saturated rings. The molecule has 1 aromatic carbocycles. The van der Waals surface area contributed by atoms with Crippen LogP contribution in [-0.4, -0.2) is 55.7 Å². The first-order chi connectivity index (χ1) is 9.20. The van der Waals surface area contributed by atoms with Crippen LogP contribution < -0.4 is 10.5 Å². The van der Waals surface area contributed by atoms with Crippen molar-refractivity contribution in [3.8, 4) is 5.75 Å². The first-order valence-corrected chi connectivity index (χ1v) is 6.62.